The first-order valence-corrected chi connectivity index (χ1v) is 7.54. The van der Waals surface area contributed by atoms with Crippen molar-refractivity contribution >= 4 is 28.8 Å². The summed E-state index contributed by atoms with van der Waals surface area (Å²) in [5, 5.41) is 2.08. The van der Waals surface area contributed by atoms with Crippen molar-refractivity contribution in [3.8, 4) is 11.5 Å². The van der Waals surface area contributed by atoms with Gasteiger partial charge in [0.15, 0.2) is 11.5 Å². The lowest BCUT2D eigenvalue weighted by molar-refractivity contribution is 0.171. The Balaban J connectivity index is 1.79. The van der Waals surface area contributed by atoms with E-state index in [1.54, 1.807) is 23.1 Å². The van der Waals surface area contributed by atoms with E-state index in [2.05, 4.69) is 17.5 Å². The fourth-order valence-corrected chi connectivity index (χ4v) is 3.55. The quantitative estimate of drug-likeness (QED) is 0.691. The number of thioether (sulfide) groups is 1. The lowest BCUT2D eigenvalue weighted by Crippen LogP contribution is -2.15. The molecule has 1 aromatic carbocycles. The van der Waals surface area contributed by atoms with E-state index in [0.29, 0.717) is 13.2 Å². The predicted octanol–water partition coefficient (Wildman–Crippen LogP) is 3.39. The van der Waals surface area contributed by atoms with Crippen molar-refractivity contribution in [3.05, 3.63) is 35.2 Å². The molecule has 0 fully saturated rings. The van der Waals surface area contributed by atoms with Gasteiger partial charge in [0.1, 0.15) is 13.2 Å². The van der Waals surface area contributed by atoms with E-state index < -0.39 is 0 Å². The number of ether oxygens (including phenoxy) is 2. The molecule has 5 heteroatoms. The zero-order valence-electron chi connectivity index (χ0n) is 9.72. The molecule has 2 N–H and O–H groups in total. The fourth-order valence-electron chi connectivity index (χ4n) is 1.77. The highest BCUT2D eigenvalue weighted by molar-refractivity contribution is 8.00. The minimum Gasteiger partial charge on any atom is -0.486 e. The smallest absolute Gasteiger partial charge is 0.163 e. The van der Waals surface area contributed by atoms with Crippen LogP contribution in [0.15, 0.2) is 33.9 Å². The van der Waals surface area contributed by atoms with Crippen LogP contribution in [0.5, 0.6) is 11.5 Å². The normalized spacial score (nSPS) is 13.6. The van der Waals surface area contributed by atoms with Crippen LogP contribution in [0, 0.1) is 0 Å². The van der Waals surface area contributed by atoms with E-state index in [1.165, 1.54) is 4.21 Å². The number of rotatable bonds is 3. The monoisotopic (exact) mass is 279 g/mol. The molecule has 2 heterocycles. The van der Waals surface area contributed by atoms with Gasteiger partial charge in [-0.05, 0) is 23.1 Å². The maximum Gasteiger partial charge on any atom is 0.163 e. The molecule has 94 valence electrons. The van der Waals surface area contributed by atoms with Gasteiger partial charge in [-0.3, -0.25) is 0 Å². The first-order chi connectivity index (χ1) is 8.83. The predicted molar refractivity (Wildman–Crippen MR) is 75.7 cm³/mol. The van der Waals surface area contributed by atoms with Crippen molar-refractivity contribution in [1.82, 2.24) is 0 Å². The van der Waals surface area contributed by atoms with Crippen LogP contribution in [0.3, 0.4) is 0 Å². The van der Waals surface area contributed by atoms with Crippen LogP contribution >= 0.6 is 23.1 Å². The van der Waals surface area contributed by atoms with Crippen LogP contribution in [0.1, 0.15) is 5.56 Å². The molecule has 0 spiro atoms. The minimum absolute atomic E-state index is 0.593. The van der Waals surface area contributed by atoms with Gasteiger partial charge in [0.2, 0.25) is 0 Å². The summed E-state index contributed by atoms with van der Waals surface area (Å²) in [5.41, 5.74) is 7.90. The second-order valence-corrected chi connectivity index (χ2v) is 6.14. The molecule has 0 saturated carbocycles. The summed E-state index contributed by atoms with van der Waals surface area (Å²) in [6.07, 6.45) is 0. The lowest BCUT2D eigenvalue weighted by Gasteiger charge is -2.20. The van der Waals surface area contributed by atoms with E-state index in [4.69, 9.17) is 15.2 Å². The Morgan fingerprint density at radius 1 is 1.22 bits per heavy atom. The van der Waals surface area contributed by atoms with Crippen LogP contribution in [0.25, 0.3) is 0 Å². The molecule has 3 nitrogen and oxygen atoms in total. The first kappa shape index (κ1) is 11.7. The lowest BCUT2D eigenvalue weighted by atomic mass is 10.2. The maximum absolute atomic E-state index is 6.04. The third-order valence-electron chi connectivity index (χ3n) is 2.67. The van der Waals surface area contributed by atoms with Crippen molar-refractivity contribution in [2.75, 3.05) is 18.9 Å². The van der Waals surface area contributed by atoms with Gasteiger partial charge in [0.05, 0.1) is 4.21 Å². The molecule has 0 saturated heterocycles. The van der Waals surface area contributed by atoms with Gasteiger partial charge in [-0.15, -0.1) is 23.1 Å². The van der Waals surface area contributed by atoms with Crippen LogP contribution in [-0.2, 0) is 5.75 Å². The Morgan fingerprint density at radius 3 is 2.72 bits per heavy atom. The third kappa shape index (κ3) is 2.42. The molecular weight excluding hydrogens is 266 g/mol. The molecular formula is C13H13NO2S2. The number of nitrogens with two attached hydrogens (primary N) is 1. The number of fused-ring (bicyclic) bond motifs is 1. The summed E-state index contributed by atoms with van der Waals surface area (Å²) in [6, 6.07) is 8.02. The van der Waals surface area contributed by atoms with Crippen LogP contribution < -0.4 is 15.2 Å². The highest BCUT2D eigenvalue weighted by atomic mass is 32.2. The summed E-state index contributed by atoms with van der Waals surface area (Å²) >= 11 is 3.53. The van der Waals surface area contributed by atoms with Crippen molar-refractivity contribution < 1.29 is 9.47 Å². The zero-order chi connectivity index (χ0) is 12.4. The number of benzene rings is 1. The summed E-state index contributed by atoms with van der Waals surface area (Å²) in [7, 11) is 0. The van der Waals surface area contributed by atoms with Gasteiger partial charge in [-0.25, -0.2) is 0 Å². The molecule has 1 aliphatic heterocycles. The van der Waals surface area contributed by atoms with Crippen LogP contribution in [0.4, 0.5) is 5.69 Å². The average Bonchev–Trinajstić information content (AvgIpc) is 2.89. The van der Waals surface area contributed by atoms with Crippen LogP contribution in [0.2, 0.25) is 0 Å². The second-order valence-electron chi connectivity index (χ2n) is 3.92. The summed E-state index contributed by atoms with van der Waals surface area (Å²) in [6.45, 7) is 1.20. The van der Waals surface area contributed by atoms with Gasteiger partial charge in [0.25, 0.3) is 0 Å². The van der Waals surface area contributed by atoms with Crippen molar-refractivity contribution in [2.24, 2.45) is 0 Å². The largest absolute Gasteiger partial charge is 0.486 e. The molecule has 1 aromatic heterocycles. The number of thiophene rings is 1. The Hall–Kier alpha value is -1.33. The fraction of sp³-hybridized carbons (Fsp3) is 0.231. The Morgan fingerprint density at radius 2 is 2.00 bits per heavy atom. The molecule has 1 aliphatic rings. The first-order valence-electron chi connectivity index (χ1n) is 5.67. The Labute approximate surface area is 114 Å². The highest BCUT2D eigenvalue weighted by Gasteiger charge is 2.14. The number of hydrogen-bond acceptors (Lipinski definition) is 5. The second kappa shape index (κ2) is 5.12. The third-order valence-corrected chi connectivity index (χ3v) is 4.85. The van der Waals surface area contributed by atoms with Crippen molar-refractivity contribution in [1.29, 1.82) is 0 Å². The molecule has 0 bridgehead atoms. The van der Waals surface area contributed by atoms with E-state index in [1.807, 2.05) is 12.1 Å². The number of nitrogen functional groups attached to an aromatic ring is 1. The summed E-state index contributed by atoms with van der Waals surface area (Å²) < 4.78 is 12.4. The highest BCUT2D eigenvalue weighted by Crippen LogP contribution is 2.37. The summed E-state index contributed by atoms with van der Waals surface area (Å²) in [4.78, 5) is 0. The molecule has 2 aromatic rings. The Bertz CT molecular complexity index is 540. The molecule has 18 heavy (non-hydrogen) atoms. The standard InChI is InChI=1S/C13H13NO2S2/c14-10-7-12-11(15-3-4-16-12)6-9(10)8-18-13-2-1-5-17-13/h1-2,5-7H,3-4,8,14H2. The van der Waals surface area contributed by atoms with Gasteiger partial charge in [-0.2, -0.15) is 0 Å². The van der Waals surface area contributed by atoms with Crippen molar-refractivity contribution in [3.63, 3.8) is 0 Å². The number of hydrogen-bond donors (Lipinski definition) is 1. The van der Waals surface area contributed by atoms with E-state index >= 15 is 0 Å². The molecule has 0 amide bonds. The summed E-state index contributed by atoms with van der Waals surface area (Å²) in [5.74, 6) is 2.41. The van der Waals surface area contributed by atoms with E-state index in [9.17, 15) is 0 Å². The topological polar surface area (TPSA) is 44.5 Å². The van der Waals surface area contributed by atoms with Crippen molar-refractivity contribution in [2.45, 2.75) is 9.96 Å². The van der Waals surface area contributed by atoms with Gasteiger partial charge in [-0.1, -0.05) is 6.07 Å². The number of anilines is 1. The van der Waals surface area contributed by atoms with Crippen LogP contribution in [-0.4, -0.2) is 13.2 Å². The van der Waals surface area contributed by atoms with Gasteiger partial charge >= 0.3 is 0 Å². The van der Waals surface area contributed by atoms with Gasteiger partial charge < -0.3 is 15.2 Å². The molecule has 0 unspecified atom stereocenters. The average molecular weight is 279 g/mol. The SMILES string of the molecule is Nc1cc2c(cc1CSc1cccs1)OCCO2. The maximum atomic E-state index is 6.04. The molecule has 0 aliphatic carbocycles. The zero-order valence-corrected chi connectivity index (χ0v) is 11.4. The molecule has 3 rings (SSSR count). The molecule has 0 atom stereocenters. The Kier molecular flexibility index (Phi) is 3.34. The minimum atomic E-state index is 0.593. The van der Waals surface area contributed by atoms with E-state index in [-0.39, 0.29) is 0 Å². The van der Waals surface area contributed by atoms with Gasteiger partial charge in [0, 0.05) is 17.5 Å². The molecule has 0 radical (unpaired) electrons. The van der Waals surface area contributed by atoms with E-state index in [0.717, 1.165) is 28.5 Å².